The molecular weight excluding hydrogens is 244 g/mol. The van der Waals surface area contributed by atoms with Crippen LogP contribution >= 0.6 is 0 Å². The minimum atomic E-state index is -0.280. The molecule has 0 N–H and O–H groups in total. The molecule has 0 bridgehead atoms. The van der Waals surface area contributed by atoms with Crippen molar-refractivity contribution in [1.29, 1.82) is 0 Å². The molecule has 0 aliphatic heterocycles. The largest absolute Gasteiger partial charge is 0.466 e. The van der Waals surface area contributed by atoms with Crippen LogP contribution in [-0.4, -0.2) is 24.1 Å². The van der Waals surface area contributed by atoms with Gasteiger partial charge in [-0.2, -0.15) is 0 Å². The zero-order valence-corrected chi connectivity index (χ0v) is 12.2. The average molecular weight is 268 g/mol. The molecule has 0 amide bonds. The van der Waals surface area contributed by atoms with Crippen LogP contribution in [0.4, 0.5) is 0 Å². The highest BCUT2D eigenvalue weighted by molar-refractivity contribution is 5.80. The number of carbonyl (C=O) groups excluding carboxylic acids is 3. The van der Waals surface area contributed by atoms with Gasteiger partial charge in [-0.15, -0.1) is 0 Å². The summed E-state index contributed by atoms with van der Waals surface area (Å²) in [6.45, 7) is 5.00. The highest BCUT2D eigenvalue weighted by Crippen LogP contribution is 2.53. The Kier molecular flexibility index (Phi) is 5.70. The Morgan fingerprint density at radius 2 is 1.84 bits per heavy atom. The maximum absolute atomic E-state index is 11.7. The van der Waals surface area contributed by atoms with Gasteiger partial charge in [-0.3, -0.25) is 9.59 Å². The average Bonchev–Trinajstić information content (AvgIpc) is 2.23. The first-order valence-corrected chi connectivity index (χ1v) is 7.00. The van der Waals surface area contributed by atoms with Crippen molar-refractivity contribution in [3.8, 4) is 0 Å². The molecule has 0 spiro atoms. The molecule has 1 aliphatic rings. The zero-order valence-electron chi connectivity index (χ0n) is 12.2. The molecular formula is C15H24O4. The predicted octanol–water partition coefficient (Wildman–Crippen LogP) is 2.68. The number of hydrogen-bond acceptors (Lipinski definition) is 4. The molecule has 0 aromatic heterocycles. The van der Waals surface area contributed by atoms with Gasteiger partial charge in [0.05, 0.1) is 6.61 Å². The van der Waals surface area contributed by atoms with Gasteiger partial charge in [0, 0.05) is 19.3 Å². The van der Waals surface area contributed by atoms with Gasteiger partial charge >= 0.3 is 5.97 Å². The van der Waals surface area contributed by atoms with E-state index in [0.29, 0.717) is 13.0 Å². The van der Waals surface area contributed by atoms with E-state index in [4.69, 9.17) is 4.74 Å². The molecule has 2 atom stereocenters. The Morgan fingerprint density at radius 3 is 2.26 bits per heavy atom. The van der Waals surface area contributed by atoms with Gasteiger partial charge in [0.2, 0.25) is 0 Å². The fourth-order valence-corrected chi connectivity index (χ4v) is 3.14. The van der Waals surface area contributed by atoms with Crippen molar-refractivity contribution >= 4 is 17.5 Å². The molecule has 1 rings (SSSR count). The van der Waals surface area contributed by atoms with Crippen molar-refractivity contribution in [3.63, 3.8) is 0 Å². The summed E-state index contributed by atoms with van der Waals surface area (Å²) >= 11 is 0. The minimum absolute atomic E-state index is 0.0449. The van der Waals surface area contributed by atoms with Crippen LogP contribution in [0.25, 0.3) is 0 Å². The van der Waals surface area contributed by atoms with Crippen LogP contribution in [0.15, 0.2) is 0 Å². The first-order valence-electron chi connectivity index (χ1n) is 7.00. The van der Waals surface area contributed by atoms with Gasteiger partial charge in [-0.1, -0.05) is 0 Å². The van der Waals surface area contributed by atoms with E-state index in [-0.39, 0.29) is 28.9 Å². The zero-order chi connectivity index (χ0) is 14.5. The fraction of sp³-hybridized carbons (Fsp3) is 0.800. The highest BCUT2D eigenvalue weighted by Gasteiger charge is 2.48. The van der Waals surface area contributed by atoms with E-state index in [9.17, 15) is 14.4 Å². The minimum Gasteiger partial charge on any atom is -0.466 e. The summed E-state index contributed by atoms with van der Waals surface area (Å²) in [6, 6.07) is 0. The highest BCUT2D eigenvalue weighted by atomic mass is 16.5. The number of rotatable bonds is 8. The van der Waals surface area contributed by atoms with Crippen LogP contribution in [0, 0.1) is 11.3 Å². The van der Waals surface area contributed by atoms with Crippen molar-refractivity contribution in [1.82, 2.24) is 0 Å². The van der Waals surface area contributed by atoms with E-state index in [0.717, 1.165) is 32.1 Å². The fourth-order valence-electron chi connectivity index (χ4n) is 3.14. The summed E-state index contributed by atoms with van der Waals surface area (Å²) in [5, 5.41) is 0. The number of esters is 1. The third-order valence-electron chi connectivity index (χ3n) is 4.27. The molecule has 0 aromatic carbocycles. The van der Waals surface area contributed by atoms with E-state index in [1.165, 1.54) is 6.92 Å². The summed E-state index contributed by atoms with van der Waals surface area (Å²) in [4.78, 5) is 33.5. The molecule has 1 fully saturated rings. The van der Waals surface area contributed by atoms with Crippen molar-refractivity contribution in [2.75, 3.05) is 6.61 Å². The van der Waals surface area contributed by atoms with Crippen molar-refractivity contribution in [2.45, 2.75) is 59.3 Å². The Labute approximate surface area is 114 Å². The van der Waals surface area contributed by atoms with Gasteiger partial charge in [-0.25, -0.2) is 0 Å². The van der Waals surface area contributed by atoms with Crippen LogP contribution in [0.1, 0.15) is 59.3 Å². The molecule has 0 radical (unpaired) electrons. The Bertz CT molecular complexity index is 339. The molecule has 1 saturated carbocycles. The maximum atomic E-state index is 11.7. The Hall–Kier alpha value is -1.19. The van der Waals surface area contributed by atoms with E-state index >= 15 is 0 Å². The summed E-state index contributed by atoms with van der Waals surface area (Å²) < 4.78 is 5.01. The van der Waals surface area contributed by atoms with Gasteiger partial charge in [0.1, 0.15) is 11.6 Å². The Balaban J connectivity index is 2.55. The smallest absolute Gasteiger partial charge is 0.302 e. The third kappa shape index (κ3) is 4.44. The molecule has 0 heterocycles. The molecule has 4 heteroatoms. The first-order chi connectivity index (χ1) is 8.87. The lowest BCUT2D eigenvalue weighted by Crippen LogP contribution is -2.45. The molecule has 108 valence electrons. The predicted molar refractivity (Wildman–Crippen MR) is 71.6 cm³/mol. The molecule has 4 nitrogen and oxygen atoms in total. The van der Waals surface area contributed by atoms with Crippen LogP contribution in [0.2, 0.25) is 0 Å². The number of Topliss-reactive ketones (excluding diaryl/α,β-unsaturated/α-hetero) is 2. The SMILES string of the molecule is CC(=O)CCC[C@]1(CCOC(C)=O)CC[C@H]1C(C)=O. The number of ether oxygens (including phenoxy) is 1. The van der Waals surface area contributed by atoms with Crippen LogP contribution in [-0.2, 0) is 19.1 Å². The third-order valence-corrected chi connectivity index (χ3v) is 4.27. The van der Waals surface area contributed by atoms with Gasteiger partial charge in [-0.05, 0) is 51.4 Å². The second kappa shape index (κ2) is 6.83. The van der Waals surface area contributed by atoms with Gasteiger partial charge in [0.25, 0.3) is 0 Å². The molecule has 19 heavy (non-hydrogen) atoms. The lowest BCUT2D eigenvalue weighted by Gasteiger charge is -2.49. The maximum Gasteiger partial charge on any atom is 0.302 e. The number of hydrogen-bond donors (Lipinski definition) is 0. The van der Waals surface area contributed by atoms with Crippen LogP contribution < -0.4 is 0 Å². The normalized spacial score (nSPS) is 25.5. The molecule has 0 unspecified atom stereocenters. The summed E-state index contributed by atoms with van der Waals surface area (Å²) in [6.07, 6.45) is 4.91. The van der Waals surface area contributed by atoms with E-state index < -0.39 is 0 Å². The summed E-state index contributed by atoms with van der Waals surface area (Å²) in [5.74, 6) is 0.207. The molecule has 0 saturated heterocycles. The standard InChI is InChI=1S/C15H24O4/c1-11(16)5-4-7-15(9-10-19-13(3)18)8-6-14(15)12(2)17/h14H,4-10H2,1-3H3/t14-,15+/m0/s1. The van der Waals surface area contributed by atoms with Gasteiger partial charge in [0.15, 0.2) is 0 Å². The first kappa shape index (κ1) is 15.9. The lowest BCUT2D eigenvalue weighted by atomic mass is 9.55. The monoisotopic (exact) mass is 268 g/mol. The van der Waals surface area contributed by atoms with Gasteiger partial charge < -0.3 is 9.53 Å². The van der Waals surface area contributed by atoms with Crippen molar-refractivity contribution < 1.29 is 19.1 Å². The summed E-state index contributed by atoms with van der Waals surface area (Å²) in [5.41, 5.74) is -0.0449. The quantitative estimate of drug-likeness (QED) is 0.635. The van der Waals surface area contributed by atoms with E-state index in [1.807, 2.05) is 0 Å². The topological polar surface area (TPSA) is 60.4 Å². The van der Waals surface area contributed by atoms with Crippen LogP contribution in [0.3, 0.4) is 0 Å². The second-order valence-corrected chi connectivity index (χ2v) is 5.71. The molecule has 1 aliphatic carbocycles. The van der Waals surface area contributed by atoms with Crippen molar-refractivity contribution in [3.05, 3.63) is 0 Å². The lowest BCUT2D eigenvalue weighted by molar-refractivity contribution is -0.144. The Morgan fingerprint density at radius 1 is 1.16 bits per heavy atom. The number of ketones is 2. The van der Waals surface area contributed by atoms with Crippen molar-refractivity contribution in [2.24, 2.45) is 11.3 Å². The number of carbonyl (C=O) groups is 3. The molecule has 0 aromatic rings. The second-order valence-electron chi connectivity index (χ2n) is 5.71. The van der Waals surface area contributed by atoms with E-state index in [2.05, 4.69) is 0 Å². The van der Waals surface area contributed by atoms with E-state index in [1.54, 1.807) is 13.8 Å². The van der Waals surface area contributed by atoms with Crippen LogP contribution in [0.5, 0.6) is 0 Å². The summed E-state index contributed by atoms with van der Waals surface area (Å²) in [7, 11) is 0.